The summed E-state index contributed by atoms with van der Waals surface area (Å²) in [6, 6.07) is 0. The third-order valence-electron chi connectivity index (χ3n) is 3.23. The minimum Gasteiger partial charge on any atom is -0.467 e. The Morgan fingerprint density at radius 3 is 3.00 bits per heavy atom. The highest BCUT2D eigenvalue weighted by atomic mass is 35.5. The third-order valence-corrected chi connectivity index (χ3v) is 3.73. The van der Waals surface area contributed by atoms with Crippen LogP contribution in [0.4, 0.5) is 0 Å². The molecule has 1 aromatic heterocycles. The van der Waals surface area contributed by atoms with Crippen LogP contribution in [-0.2, 0) is 28.5 Å². The Hall–Kier alpha value is -1.00. The molecule has 0 amide bonds. The van der Waals surface area contributed by atoms with Gasteiger partial charge in [-0.1, -0.05) is 11.6 Å². The van der Waals surface area contributed by atoms with Gasteiger partial charge in [0.05, 0.1) is 7.11 Å². The van der Waals surface area contributed by atoms with Crippen LogP contribution in [0.2, 0.25) is 5.15 Å². The van der Waals surface area contributed by atoms with E-state index in [1.807, 2.05) is 13.2 Å². The van der Waals surface area contributed by atoms with Crippen molar-refractivity contribution in [2.24, 2.45) is 12.8 Å². The summed E-state index contributed by atoms with van der Waals surface area (Å²) in [7, 11) is 3.20. The zero-order valence-corrected chi connectivity index (χ0v) is 10.2. The van der Waals surface area contributed by atoms with E-state index in [2.05, 4.69) is 0 Å². The minimum atomic E-state index is -1.03. The van der Waals surface area contributed by atoms with E-state index >= 15 is 0 Å². The van der Waals surface area contributed by atoms with Crippen molar-refractivity contribution in [1.29, 1.82) is 0 Å². The molecule has 2 N–H and O–H groups in total. The van der Waals surface area contributed by atoms with Crippen LogP contribution in [0.15, 0.2) is 6.20 Å². The van der Waals surface area contributed by atoms with Crippen molar-refractivity contribution < 1.29 is 9.53 Å². The molecule has 5 heteroatoms. The molecule has 0 radical (unpaired) electrons. The molecule has 0 bridgehead atoms. The lowest BCUT2D eigenvalue weighted by Gasteiger charge is -2.30. The number of esters is 1. The van der Waals surface area contributed by atoms with Crippen LogP contribution in [0.3, 0.4) is 0 Å². The predicted octanol–water partition coefficient (Wildman–Crippen LogP) is 1.34. The highest BCUT2D eigenvalue weighted by Gasteiger charge is 2.42. The monoisotopic (exact) mass is 242 g/mol. The van der Waals surface area contributed by atoms with Crippen molar-refractivity contribution in [2.45, 2.75) is 24.8 Å². The second kappa shape index (κ2) is 3.79. The molecule has 0 saturated heterocycles. The molecule has 1 heterocycles. The maximum atomic E-state index is 11.8. The molecule has 0 aliphatic heterocycles. The van der Waals surface area contributed by atoms with Crippen LogP contribution in [0.5, 0.6) is 0 Å². The second-order valence-corrected chi connectivity index (χ2v) is 4.60. The molecule has 16 heavy (non-hydrogen) atoms. The van der Waals surface area contributed by atoms with Crippen LogP contribution in [0, 0.1) is 0 Å². The lowest BCUT2D eigenvalue weighted by molar-refractivity contribution is -0.148. The molecule has 88 valence electrons. The molecule has 0 saturated carbocycles. The van der Waals surface area contributed by atoms with Gasteiger partial charge in [0.15, 0.2) is 0 Å². The summed E-state index contributed by atoms with van der Waals surface area (Å²) in [5.41, 5.74) is 6.91. The molecule has 1 atom stereocenters. The molecular formula is C11H15ClN2O2. The second-order valence-electron chi connectivity index (χ2n) is 4.24. The van der Waals surface area contributed by atoms with E-state index in [0.29, 0.717) is 11.6 Å². The molecule has 0 fully saturated rings. The number of halogens is 1. The normalized spacial score (nSPS) is 24.0. The van der Waals surface area contributed by atoms with Crippen molar-refractivity contribution in [2.75, 3.05) is 7.11 Å². The highest BCUT2D eigenvalue weighted by Crippen LogP contribution is 2.38. The molecule has 1 aliphatic rings. The number of hydrogen-bond donors (Lipinski definition) is 1. The first-order chi connectivity index (χ1) is 7.50. The van der Waals surface area contributed by atoms with E-state index in [9.17, 15) is 4.79 Å². The number of rotatable bonds is 1. The Kier molecular flexibility index (Phi) is 2.72. The van der Waals surface area contributed by atoms with Gasteiger partial charge in [-0.05, 0) is 24.8 Å². The van der Waals surface area contributed by atoms with E-state index in [4.69, 9.17) is 22.1 Å². The molecule has 0 spiro atoms. The number of aromatic nitrogens is 1. The Morgan fingerprint density at radius 1 is 1.69 bits per heavy atom. The van der Waals surface area contributed by atoms with Crippen LogP contribution >= 0.6 is 11.6 Å². The zero-order chi connectivity index (χ0) is 11.9. The van der Waals surface area contributed by atoms with Crippen LogP contribution < -0.4 is 5.73 Å². The number of ether oxygens (including phenoxy) is 1. The molecule has 1 unspecified atom stereocenters. The average molecular weight is 243 g/mol. The lowest BCUT2D eigenvalue weighted by atomic mass is 9.79. The number of aryl methyl sites for hydroxylation is 1. The summed E-state index contributed by atoms with van der Waals surface area (Å²) >= 11 is 6.16. The number of fused-ring (bicyclic) bond motifs is 1. The number of hydrogen-bond acceptors (Lipinski definition) is 3. The first kappa shape index (κ1) is 11.5. The summed E-state index contributed by atoms with van der Waals surface area (Å²) in [5, 5.41) is 0.661. The largest absolute Gasteiger partial charge is 0.467 e. The fourth-order valence-electron chi connectivity index (χ4n) is 2.35. The fraction of sp³-hybridized carbons (Fsp3) is 0.545. The van der Waals surface area contributed by atoms with Gasteiger partial charge < -0.3 is 15.0 Å². The summed E-state index contributed by atoms with van der Waals surface area (Å²) in [6.07, 6.45) is 4.15. The molecule has 0 aromatic carbocycles. The molecule has 2 rings (SSSR count). The van der Waals surface area contributed by atoms with Crippen molar-refractivity contribution >= 4 is 17.6 Å². The summed E-state index contributed by atoms with van der Waals surface area (Å²) in [4.78, 5) is 11.8. The number of carbonyl (C=O) groups excluding carboxylic acids is 1. The number of nitrogens with zero attached hydrogens (tertiary/aromatic N) is 1. The average Bonchev–Trinajstić information content (AvgIpc) is 2.57. The maximum absolute atomic E-state index is 11.8. The van der Waals surface area contributed by atoms with Gasteiger partial charge in [-0.2, -0.15) is 0 Å². The quantitative estimate of drug-likeness (QED) is 0.757. The zero-order valence-electron chi connectivity index (χ0n) is 9.42. The first-order valence-corrected chi connectivity index (χ1v) is 5.60. The van der Waals surface area contributed by atoms with E-state index in [1.165, 1.54) is 7.11 Å². The van der Waals surface area contributed by atoms with E-state index in [-0.39, 0.29) is 0 Å². The minimum absolute atomic E-state index is 0.393. The summed E-state index contributed by atoms with van der Waals surface area (Å²) in [5.74, 6) is -0.393. The van der Waals surface area contributed by atoms with Crippen molar-refractivity contribution in [1.82, 2.24) is 4.57 Å². The van der Waals surface area contributed by atoms with E-state index in [1.54, 1.807) is 4.57 Å². The van der Waals surface area contributed by atoms with Crippen LogP contribution in [0.25, 0.3) is 0 Å². The van der Waals surface area contributed by atoms with Crippen molar-refractivity contribution in [3.05, 3.63) is 22.5 Å². The Morgan fingerprint density at radius 2 is 2.38 bits per heavy atom. The standard InChI is InChI=1S/C11H15ClN2O2/c1-14-6-8-7(9(14)12)4-3-5-11(8,13)10(15)16-2/h6H,3-5,13H2,1-2H3. The van der Waals surface area contributed by atoms with Gasteiger partial charge in [-0.3, -0.25) is 0 Å². The van der Waals surface area contributed by atoms with Crippen LogP contribution in [0.1, 0.15) is 24.0 Å². The van der Waals surface area contributed by atoms with Crippen molar-refractivity contribution in [3.8, 4) is 0 Å². The van der Waals surface area contributed by atoms with Gasteiger partial charge in [0.1, 0.15) is 10.7 Å². The van der Waals surface area contributed by atoms with Crippen LogP contribution in [-0.4, -0.2) is 17.6 Å². The Balaban J connectivity index is 2.56. The van der Waals surface area contributed by atoms with Gasteiger partial charge in [0, 0.05) is 18.8 Å². The van der Waals surface area contributed by atoms with Gasteiger partial charge in [-0.25, -0.2) is 4.79 Å². The Labute approximate surface area is 99.3 Å². The predicted molar refractivity (Wildman–Crippen MR) is 61.2 cm³/mol. The molecular weight excluding hydrogens is 228 g/mol. The van der Waals surface area contributed by atoms with Crippen molar-refractivity contribution in [3.63, 3.8) is 0 Å². The topological polar surface area (TPSA) is 57.2 Å². The SMILES string of the molecule is COC(=O)C1(N)CCCc2c1cn(C)c2Cl. The third kappa shape index (κ3) is 1.44. The number of methoxy groups -OCH3 is 1. The van der Waals surface area contributed by atoms with Gasteiger partial charge in [-0.15, -0.1) is 0 Å². The van der Waals surface area contributed by atoms with Gasteiger partial charge in [0.2, 0.25) is 0 Å². The molecule has 4 nitrogen and oxygen atoms in total. The number of carbonyl (C=O) groups is 1. The van der Waals surface area contributed by atoms with Gasteiger partial charge >= 0.3 is 5.97 Å². The number of nitrogens with two attached hydrogens (primary N) is 1. The highest BCUT2D eigenvalue weighted by molar-refractivity contribution is 6.30. The molecule has 1 aromatic rings. The lowest BCUT2D eigenvalue weighted by Crippen LogP contribution is -2.47. The molecule has 1 aliphatic carbocycles. The Bertz CT molecular complexity index is 441. The van der Waals surface area contributed by atoms with E-state index in [0.717, 1.165) is 24.0 Å². The smallest absolute Gasteiger partial charge is 0.330 e. The summed E-state index contributed by atoms with van der Waals surface area (Å²) in [6.45, 7) is 0. The maximum Gasteiger partial charge on any atom is 0.330 e. The summed E-state index contributed by atoms with van der Waals surface area (Å²) < 4.78 is 6.58. The fourth-order valence-corrected chi connectivity index (χ4v) is 2.59. The van der Waals surface area contributed by atoms with Gasteiger partial charge in [0.25, 0.3) is 0 Å². The van der Waals surface area contributed by atoms with E-state index < -0.39 is 11.5 Å². The first-order valence-electron chi connectivity index (χ1n) is 5.22.